The van der Waals surface area contributed by atoms with Crippen molar-refractivity contribution >= 4 is 52.1 Å². The molecule has 1 aliphatic heterocycles. The predicted molar refractivity (Wildman–Crippen MR) is 144 cm³/mol. The molecule has 0 bridgehead atoms. The highest BCUT2D eigenvalue weighted by molar-refractivity contribution is 7.07. The molecule has 0 saturated carbocycles. The van der Waals surface area contributed by atoms with Crippen LogP contribution in [-0.2, 0) is 19.1 Å². The zero-order chi connectivity index (χ0) is 29.1. The number of hydrogen-bond donors (Lipinski definition) is 1. The van der Waals surface area contributed by atoms with Gasteiger partial charge in [-0.25, -0.2) is 9.59 Å². The van der Waals surface area contributed by atoms with Gasteiger partial charge in [-0.1, -0.05) is 30.3 Å². The number of fused-ring (bicyclic) bond motifs is 1. The fourth-order valence-electron chi connectivity index (χ4n) is 4.39. The van der Waals surface area contributed by atoms with Gasteiger partial charge in [0.05, 0.1) is 50.2 Å². The molecule has 0 aliphatic carbocycles. The number of benzene rings is 2. The number of ether oxygens (including phenoxy) is 2. The number of thiazole rings is 1. The van der Waals surface area contributed by atoms with Crippen LogP contribution in [0, 0.1) is 20.2 Å². The Hall–Kier alpha value is -5.11. The Balaban J connectivity index is 2.18. The second kappa shape index (κ2) is 11.3. The smallest absolute Gasteiger partial charge is 0.338 e. The van der Waals surface area contributed by atoms with Crippen LogP contribution in [0.5, 0.6) is 0 Å². The number of para-hydroxylation sites is 2. The van der Waals surface area contributed by atoms with E-state index in [1.165, 1.54) is 55.5 Å². The molecule has 13 nitrogen and oxygen atoms in total. The maximum Gasteiger partial charge on any atom is 0.338 e. The van der Waals surface area contributed by atoms with Gasteiger partial charge in [0.2, 0.25) is 0 Å². The van der Waals surface area contributed by atoms with Crippen molar-refractivity contribution in [3.05, 3.63) is 105 Å². The van der Waals surface area contributed by atoms with Crippen LogP contribution in [0.25, 0.3) is 17.5 Å². The molecule has 0 spiro atoms. The first-order valence-electron chi connectivity index (χ1n) is 11.9. The molecule has 40 heavy (non-hydrogen) atoms. The molecule has 2 aromatic carbocycles. The van der Waals surface area contributed by atoms with Crippen LogP contribution >= 0.6 is 11.3 Å². The van der Waals surface area contributed by atoms with E-state index in [1.807, 2.05) is 0 Å². The highest BCUT2D eigenvalue weighted by Gasteiger charge is 2.42. The maximum atomic E-state index is 13.6. The second-order valence-corrected chi connectivity index (χ2v) is 9.31. The summed E-state index contributed by atoms with van der Waals surface area (Å²) in [6, 6.07) is 11.2. The van der Waals surface area contributed by atoms with E-state index in [2.05, 4.69) is 0 Å². The molecule has 4 rings (SSSR count). The number of nitrogens with two attached hydrogens (primary N) is 1. The van der Waals surface area contributed by atoms with Gasteiger partial charge < -0.3 is 15.2 Å². The van der Waals surface area contributed by atoms with Crippen molar-refractivity contribution in [3.63, 3.8) is 0 Å². The summed E-state index contributed by atoms with van der Waals surface area (Å²) in [6.45, 7) is 2.92. The number of carbonyl (C=O) groups excluding carboxylic acids is 2. The van der Waals surface area contributed by atoms with Crippen LogP contribution in [-0.4, -0.2) is 39.6 Å². The summed E-state index contributed by atoms with van der Waals surface area (Å²) in [4.78, 5) is 62.5. The number of aromatic nitrogens is 1. The number of nitrogens with zero attached hydrogens (tertiary/aromatic N) is 3. The lowest BCUT2D eigenvalue weighted by Crippen LogP contribution is -2.42. The third-order valence-electron chi connectivity index (χ3n) is 6.00. The molecule has 1 unspecified atom stereocenters. The summed E-state index contributed by atoms with van der Waals surface area (Å²) >= 11 is 0.781. The van der Waals surface area contributed by atoms with E-state index in [0.717, 1.165) is 15.9 Å². The van der Waals surface area contributed by atoms with E-state index in [1.54, 1.807) is 13.0 Å². The minimum absolute atomic E-state index is 0.0398. The van der Waals surface area contributed by atoms with Gasteiger partial charge in [0.15, 0.2) is 0 Å². The van der Waals surface area contributed by atoms with Crippen LogP contribution in [0.1, 0.15) is 30.9 Å². The summed E-state index contributed by atoms with van der Waals surface area (Å²) in [7, 11) is 0. The van der Waals surface area contributed by atoms with Crippen molar-refractivity contribution < 1.29 is 28.9 Å². The summed E-state index contributed by atoms with van der Waals surface area (Å²) in [5.41, 5.74) is 4.44. The Morgan fingerprint density at radius 1 is 0.950 bits per heavy atom. The molecule has 206 valence electrons. The summed E-state index contributed by atoms with van der Waals surface area (Å²) in [5.74, 6) is -3.74. The first kappa shape index (κ1) is 27.9. The Morgan fingerprint density at radius 2 is 1.50 bits per heavy atom. The first-order chi connectivity index (χ1) is 19.1. The third kappa shape index (κ3) is 4.87. The molecular formula is C26H22N4O9S. The molecular weight excluding hydrogens is 544 g/mol. The maximum absolute atomic E-state index is 13.6. The van der Waals surface area contributed by atoms with Crippen LogP contribution in [0.4, 0.5) is 11.4 Å². The number of hydrogen-bond acceptors (Lipinski definition) is 11. The summed E-state index contributed by atoms with van der Waals surface area (Å²) in [6.07, 6.45) is 1.27. The summed E-state index contributed by atoms with van der Waals surface area (Å²) in [5, 5.41) is 23.5. The lowest BCUT2D eigenvalue weighted by Gasteiger charge is -2.26. The van der Waals surface area contributed by atoms with Crippen LogP contribution < -0.4 is 20.5 Å². The van der Waals surface area contributed by atoms with Crippen molar-refractivity contribution in [2.75, 3.05) is 13.2 Å². The predicted octanol–water partition coefficient (Wildman–Crippen LogP) is 1.76. The first-order valence-corrected chi connectivity index (χ1v) is 12.7. The second-order valence-electron chi connectivity index (χ2n) is 8.27. The van der Waals surface area contributed by atoms with E-state index in [9.17, 15) is 34.6 Å². The van der Waals surface area contributed by atoms with Crippen molar-refractivity contribution in [2.45, 2.75) is 19.8 Å². The molecule has 2 N–H and O–H groups in total. The van der Waals surface area contributed by atoms with E-state index in [4.69, 9.17) is 15.2 Å². The Bertz CT molecular complexity index is 1770. The Kier molecular flexibility index (Phi) is 7.90. The van der Waals surface area contributed by atoms with E-state index >= 15 is 0 Å². The normalized spacial score (nSPS) is 15.0. The summed E-state index contributed by atoms with van der Waals surface area (Å²) < 4.78 is 11.3. The molecule has 3 aromatic rings. The third-order valence-corrected chi connectivity index (χ3v) is 7.11. The average Bonchev–Trinajstić information content (AvgIpc) is 3.24. The molecule has 0 fully saturated rings. The topological polar surface area (TPSA) is 187 Å². The SMILES string of the molecule is CCOC(=O)C1=C(N)n2c(s/c(=C\c3ccccc3[N+](=O)[O-])c2=O)=C(C(=O)OCC)C1c1ccccc1[N+](=O)[O-]. The minimum Gasteiger partial charge on any atom is -0.463 e. The average molecular weight is 567 g/mol. The Labute approximate surface area is 229 Å². The lowest BCUT2D eigenvalue weighted by atomic mass is 9.82. The van der Waals surface area contributed by atoms with Gasteiger partial charge in [0.1, 0.15) is 10.5 Å². The molecule has 14 heteroatoms. The van der Waals surface area contributed by atoms with Gasteiger partial charge in [0.25, 0.3) is 16.9 Å². The van der Waals surface area contributed by atoms with Crippen molar-refractivity contribution in [1.82, 2.24) is 4.57 Å². The fraction of sp³-hybridized carbons (Fsp3) is 0.192. The van der Waals surface area contributed by atoms with E-state index in [-0.39, 0.29) is 50.4 Å². The zero-order valence-corrected chi connectivity index (χ0v) is 22.0. The molecule has 0 amide bonds. The number of rotatable bonds is 8. The molecule has 2 heterocycles. The zero-order valence-electron chi connectivity index (χ0n) is 21.2. The van der Waals surface area contributed by atoms with Gasteiger partial charge in [-0.05, 0) is 26.0 Å². The van der Waals surface area contributed by atoms with Gasteiger partial charge in [-0.3, -0.25) is 29.6 Å². The van der Waals surface area contributed by atoms with Crippen molar-refractivity contribution in [1.29, 1.82) is 0 Å². The molecule has 0 saturated heterocycles. The minimum atomic E-state index is -1.42. The van der Waals surface area contributed by atoms with Gasteiger partial charge in [-0.15, -0.1) is 11.3 Å². The van der Waals surface area contributed by atoms with E-state index in [0.29, 0.717) is 0 Å². The largest absolute Gasteiger partial charge is 0.463 e. The molecule has 0 radical (unpaired) electrons. The fourth-order valence-corrected chi connectivity index (χ4v) is 5.55. The van der Waals surface area contributed by atoms with E-state index < -0.39 is 44.8 Å². The van der Waals surface area contributed by atoms with Crippen molar-refractivity contribution in [2.24, 2.45) is 5.73 Å². The van der Waals surface area contributed by atoms with Crippen molar-refractivity contribution in [3.8, 4) is 0 Å². The number of esters is 2. The lowest BCUT2D eigenvalue weighted by molar-refractivity contribution is -0.385. The quantitative estimate of drug-likeness (QED) is 0.239. The van der Waals surface area contributed by atoms with Crippen LogP contribution in [0.3, 0.4) is 0 Å². The highest BCUT2D eigenvalue weighted by atomic mass is 32.1. The van der Waals surface area contributed by atoms with Crippen LogP contribution in [0.2, 0.25) is 0 Å². The molecule has 1 atom stereocenters. The van der Waals surface area contributed by atoms with Gasteiger partial charge in [0, 0.05) is 17.7 Å². The van der Waals surface area contributed by atoms with Gasteiger partial charge >= 0.3 is 11.9 Å². The molecule has 1 aliphatic rings. The Morgan fingerprint density at radius 3 is 2.10 bits per heavy atom. The number of nitro benzene ring substituents is 2. The van der Waals surface area contributed by atoms with Gasteiger partial charge in [-0.2, -0.15) is 0 Å². The monoisotopic (exact) mass is 566 g/mol. The molecule has 1 aromatic heterocycles. The van der Waals surface area contributed by atoms with Crippen LogP contribution in [0.15, 0.2) is 58.9 Å². The number of carbonyl (C=O) groups is 2. The standard InChI is InChI=1S/C26H22N4O9S/c1-3-38-25(32)20-19(15-10-6-8-12-17(15)30(36)37)21(26(33)39-4-2)24-28(22(20)27)23(31)18(40-24)13-14-9-5-7-11-16(14)29(34)35/h5-13,19H,3-4,27H2,1-2H3/b18-13-. The number of nitro groups is 2. The highest BCUT2D eigenvalue weighted by Crippen LogP contribution is 2.41.